The summed E-state index contributed by atoms with van der Waals surface area (Å²) in [6.45, 7) is 8.30. The van der Waals surface area contributed by atoms with E-state index >= 15 is 0 Å². The first kappa shape index (κ1) is 21.5. The Labute approximate surface area is 186 Å². The lowest BCUT2D eigenvalue weighted by molar-refractivity contribution is -0.116. The van der Waals surface area contributed by atoms with Gasteiger partial charge in [0.2, 0.25) is 5.91 Å². The van der Waals surface area contributed by atoms with Gasteiger partial charge in [-0.25, -0.2) is 9.67 Å². The van der Waals surface area contributed by atoms with Crippen molar-refractivity contribution in [2.75, 3.05) is 5.32 Å². The number of amides is 1. The molecule has 0 unspecified atom stereocenters. The van der Waals surface area contributed by atoms with E-state index in [1.54, 1.807) is 9.25 Å². The molecule has 32 heavy (non-hydrogen) atoms. The minimum absolute atomic E-state index is 0.146. The second-order valence-corrected chi connectivity index (χ2v) is 8.03. The number of hydrogen-bond acceptors (Lipinski definition) is 4. The summed E-state index contributed by atoms with van der Waals surface area (Å²) in [5.41, 5.74) is 6.14. The quantitative estimate of drug-likeness (QED) is 0.500. The monoisotopic (exact) mass is 429 g/mol. The summed E-state index contributed by atoms with van der Waals surface area (Å²) in [6.07, 6.45) is 0.443. The van der Waals surface area contributed by atoms with Gasteiger partial charge in [0.15, 0.2) is 5.65 Å². The van der Waals surface area contributed by atoms with Crippen LogP contribution in [0.25, 0.3) is 16.9 Å². The Kier molecular flexibility index (Phi) is 5.90. The van der Waals surface area contributed by atoms with Crippen molar-refractivity contribution in [3.8, 4) is 5.69 Å². The van der Waals surface area contributed by atoms with E-state index in [1.807, 2.05) is 76.2 Å². The molecule has 1 amide bonds. The number of fused-ring (bicyclic) bond motifs is 1. The van der Waals surface area contributed by atoms with Crippen molar-refractivity contribution in [1.82, 2.24) is 19.3 Å². The van der Waals surface area contributed by atoms with Gasteiger partial charge in [-0.1, -0.05) is 29.8 Å². The summed E-state index contributed by atoms with van der Waals surface area (Å²) in [5.74, 6) is -0.146. The third kappa shape index (κ3) is 4.19. The first-order valence-corrected chi connectivity index (χ1v) is 10.8. The van der Waals surface area contributed by atoms with Gasteiger partial charge < -0.3 is 5.32 Å². The lowest BCUT2D eigenvalue weighted by atomic mass is 10.2. The Morgan fingerprint density at radius 3 is 2.47 bits per heavy atom. The van der Waals surface area contributed by atoms with Crippen LogP contribution >= 0.6 is 0 Å². The van der Waals surface area contributed by atoms with Crippen LogP contribution in [0.4, 0.5) is 5.69 Å². The molecule has 2 aromatic carbocycles. The molecule has 0 spiro atoms. The Balaban J connectivity index is 1.65. The van der Waals surface area contributed by atoms with E-state index in [2.05, 4.69) is 15.4 Å². The molecule has 0 saturated heterocycles. The summed E-state index contributed by atoms with van der Waals surface area (Å²) in [6, 6.07) is 15.6. The van der Waals surface area contributed by atoms with Gasteiger partial charge in [-0.05, 0) is 57.5 Å². The Bertz CT molecular complexity index is 1350. The van der Waals surface area contributed by atoms with Crippen molar-refractivity contribution < 1.29 is 4.79 Å². The lowest BCUT2D eigenvalue weighted by Gasteiger charge is -2.11. The first-order valence-electron chi connectivity index (χ1n) is 10.8. The average molecular weight is 430 g/mol. The van der Waals surface area contributed by atoms with Gasteiger partial charge in [0.25, 0.3) is 5.56 Å². The minimum atomic E-state index is -0.184. The molecule has 4 rings (SSSR count). The Hall–Kier alpha value is -3.74. The van der Waals surface area contributed by atoms with E-state index in [0.717, 1.165) is 28.2 Å². The second kappa shape index (κ2) is 8.78. The van der Waals surface area contributed by atoms with Crippen molar-refractivity contribution in [3.05, 3.63) is 81.4 Å². The molecular weight excluding hydrogens is 402 g/mol. The van der Waals surface area contributed by atoms with E-state index in [9.17, 15) is 9.59 Å². The molecule has 0 fully saturated rings. The van der Waals surface area contributed by atoms with E-state index in [4.69, 9.17) is 0 Å². The Morgan fingerprint density at radius 1 is 1.03 bits per heavy atom. The molecule has 1 N–H and O–H groups in total. The van der Waals surface area contributed by atoms with Gasteiger partial charge in [0.1, 0.15) is 11.2 Å². The highest BCUT2D eigenvalue weighted by Gasteiger charge is 2.19. The number of nitrogens with one attached hydrogen (secondary N) is 1. The Morgan fingerprint density at radius 2 is 1.78 bits per heavy atom. The van der Waals surface area contributed by atoms with Crippen molar-refractivity contribution in [2.45, 2.75) is 47.1 Å². The summed E-state index contributed by atoms with van der Waals surface area (Å²) in [5, 5.41) is 7.54. The number of carbonyl (C=O) groups excluding carboxylic acids is 1. The fraction of sp³-hybridized carbons (Fsp3) is 0.280. The van der Waals surface area contributed by atoms with Gasteiger partial charge in [0, 0.05) is 25.1 Å². The second-order valence-electron chi connectivity index (χ2n) is 8.03. The van der Waals surface area contributed by atoms with E-state index < -0.39 is 0 Å². The van der Waals surface area contributed by atoms with E-state index in [-0.39, 0.29) is 24.3 Å². The minimum Gasteiger partial charge on any atom is -0.326 e. The molecule has 2 aromatic heterocycles. The molecule has 164 valence electrons. The van der Waals surface area contributed by atoms with Crippen molar-refractivity contribution in [2.24, 2.45) is 0 Å². The summed E-state index contributed by atoms with van der Waals surface area (Å²) in [7, 11) is 0. The number of rotatable bonds is 6. The van der Waals surface area contributed by atoms with Gasteiger partial charge in [-0.15, -0.1) is 0 Å². The molecule has 7 heteroatoms. The highest BCUT2D eigenvalue weighted by atomic mass is 16.1. The fourth-order valence-corrected chi connectivity index (χ4v) is 3.82. The van der Waals surface area contributed by atoms with Crippen molar-refractivity contribution >= 4 is 22.8 Å². The zero-order valence-corrected chi connectivity index (χ0v) is 18.8. The topological polar surface area (TPSA) is 81.8 Å². The van der Waals surface area contributed by atoms with Crippen LogP contribution in [0.1, 0.15) is 35.9 Å². The molecule has 0 aliphatic rings. The van der Waals surface area contributed by atoms with Gasteiger partial charge >= 0.3 is 0 Å². The number of nitrogens with zero attached hydrogens (tertiary/aromatic N) is 4. The number of carbonyl (C=O) groups is 1. The SMILES string of the molecule is CCn1c(=O)c(CCC(=O)Nc2cccc(C)c2)nc2c(C)nn(-c3ccc(C)cc3)c21. The maximum Gasteiger partial charge on any atom is 0.273 e. The maximum absolute atomic E-state index is 13.2. The third-order valence-corrected chi connectivity index (χ3v) is 5.49. The predicted molar refractivity (Wildman–Crippen MR) is 126 cm³/mol. The molecule has 4 aromatic rings. The molecule has 0 bridgehead atoms. The predicted octanol–water partition coefficient (Wildman–Crippen LogP) is 4.10. The van der Waals surface area contributed by atoms with Gasteiger partial charge in [0.05, 0.1) is 11.4 Å². The molecule has 0 radical (unpaired) electrons. The smallest absolute Gasteiger partial charge is 0.273 e. The van der Waals surface area contributed by atoms with Crippen LogP contribution in [0.5, 0.6) is 0 Å². The van der Waals surface area contributed by atoms with Crippen molar-refractivity contribution in [3.63, 3.8) is 0 Å². The highest BCUT2D eigenvalue weighted by Crippen LogP contribution is 2.20. The molecule has 0 atom stereocenters. The van der Waals surface area contributed by atoms with Crippen molar-refractivity contribution in [1.29, 1.82) is 0 Å². The summed E-state index contributed by atoms with van der Waals surface area (Å²) >= 11 is 0. The van der Waals surface area contributed by atoms with Crippen LogP contribution in [-0.4, -0.2) is 25.2 Å². The average Bonchev–Trinajstić information content (AvgIpc) is 3.09. The van der Waals surface area contributed by atoms with Crippen LogP contribution in [0.15, 0.2) is 53.3 Å². The molecule has 2 heterocycles. The van der Waals surface area contributed by atoms with Gasteiger partial charge in [-0.2, -0.15) is 5.10 Å². The summed E-state index contributed by atoms with van der Waals surface area (Å²) in [4.78, 5) is 30.3. The lowest BCUT2D eigenvalue weighted by Crippen LogP contribution is -2.27. The molecule has 0 aliphatic carbocycles. The molecule has 0 aliphatic heterocycles. The standard InChI is InChI=1S/C25H27N5O2/c1-5-29-24-23(18(4)28-30(24)20-11-9-16(2)10-12-20)27-21(25(29)32)13-14-22(31)26-19-8-6-7-17(3)15-19/h6-12,15H,5,13-14H2,1-4H3,(H,26,31). The number of aromatic nitrogens is 4. The zero-order chi connectivity index (χ0) is 22.8. The fourth-order valence-electron chi connectivity index (χ4n) is 3.82. The highest BCUT2D eigenvalue weighted by molar-refractivity contribution is 5.90. The van der Waals surface area contributed by atoms with Crippen LogP contribution < -0.4 is 10.9 Å². The number of benzene rings is 2. The molecule has 0 saturated carbocycles. The first-order chi connectivity index (χ1) is 15.4. The molecular formula is C25H27N5O2. The van der Waals surface area contributed by atoms with E-state index in [0.29, 0.717) is 23.4 Å². The van der Waals surface area contributed by atoms with Crippen LogP contribution in [0.2, 0.25) is 0 Å². The maximum atomic E-state index is 13.2. The normalized spacial score (nSPS) is 11.1. The number of hydrogen-bond donors (Lipinski definition) is 1. The van der Waals surface area contributed by atoms with Gasteiger partial charge in [-0.3, -0.25) is 14.2 Å². The third-order valence-electron chi connectivity index (χ3n) is 5.49. The number of aryl methyl sites for hydroxylation is 5. The summed E-state index contributed by atoms with van der Waals surface area (Å²) < 4.78 is 3.46. The van der Waals surface area contributed by atoms with E-state index in [1.165, 1.54) is 0 Å². The largest absolute Gasteiger partial charge is 0.326 e. The molecule has 7 nitrogen and oxygen atoms in total. The van der Waals surface area contributed by atoms with Crippen LogP contribution in [-0.2, 0) is 17.8 Å². The van der Waals surface area contributed by atoms with Crippen LogP contribution in [0.3, 0.4) is 0 Å². The number of anilines is 1. The zero-order valence-electron chi connectivity index (χ0n) is 18.8. The van der Waals surface area contributed by atoms with Crippen LogP contribution in [0, 0.1) is 20.8 Å².